The van der Waals surface area contributed by atoms with E-state index in [4.69, 9.17) is 0 Å². The van der Waals surface area contributed by atoms with Gasteiger partial charge in [-0.1, -0.05) is 25.8 Å². The van der Waals surface area contributed by atoms with E-state index >= 15 is 0 Å². The van der Waals surface area contributed by atoms with E-state index in [0.29, 0.717) is 22.7 Å². The molecule has 25 heavy (non-hydrogen) atoms. The number of nitrogens with one attached hydrogen (secondary N) is 2. The van der Waals surface area contributed by atoms with Crippen molar-refractivity contribution in [2.24, 2.45) is 10.4 Å². The number of rotatable bonds is 8. The van der Waals surface area contributed by atoms with Gasteiger partial charge in [0.25, 0.3) is 10.0 Å². The van der Waals surface area contributed by atoms with Crippen LogP contribution in [0.1, 0.15) is 39.0 Å². The highest BCUT2D eigenvalue weighted by atomic mass is 32.2. The van der Waals surface area contributed by atoms with Gasteiger partial charge in [0.1, 0.15) is 4.21 Å². The maximum atomic E-state index is 12.4. The third-order valence-corrected chi connectivity index (χ3v) is 8.38. The highest BCUT2D eigenvalue weighted by molar-refractivity contribution is 7.91. The molecule has 1 fully saturated rings. The molecule has 1 saturated carbocycles. The lowest BCUT2D eigenvalue weighted by Gasteiger charge is -2.28. The topological polar surface area (TPSA) is 73.8 Å². The van der Waals surface area contributed by atoms with Crippen molar-refractivity contribution in [1.82, 2.24) is 14.9 Å². The summed E-state index contributed by atoms with van der Waals surface area (Å²) in [6, 6.07) is 3.39. The van der Waals surface area contributed by atoms with Crippen LogP contribution >= 0.6 is 11.3 Å². The molecule has 142 valence electrons. The van der Waals surface area contributed by atoms with Gasteiger partial charge >= 0.3 is 0 Å². The summed E-state index contributed by atoms with van der Waals surface area (Å²) in [7, 11) is -0.0345. The van der Waals surface area contributed by atoms with Crippen molar-refractivity contribution in [3.05, 3.63) is 17.5 Å². The molecular weight excluding hydrogens is 356 g/mol. The minimum absolute atomic E-state index is 0.378. The second-order valence-electron chi connectivity index (χ2n) is 6.67. The normalized spacial score (nSPS) is 17.8. The molecule has 1 aromatic heterocycles. The van der Waals surface area contributed by atoms with Gasteiger partial charge in [-0.25, -0.2) is 8.42 Å². The molecular formula is C17H30N4O2S2. The number of hydrogen-bond donors (Lipinski definition) is 2. The molecule has 1 aromatic rings. The summed E-state index contributed by atoms with van der Waals surface area (Å²) < 4.78 is 26.5. The average molecular weight is 387 g/mol. The molecule has 1 heterocycles. The predicted molar refractivity (Wildman–Crippen MR) is 105 cm³/mol. The molecule has 0 bridgehead atoms. The number of nitrogens with zero attached hydrogens (tertiary/aromatic N) is 2. The zero-order chi connectivity index (χ0) is 18.3. The molecule has 2 N–H and O–H groups in total. The fraction of sp³-hybridized carbons (Fsp3) is 0.706. The predicted octanol–water partition coefficient (Wildman–Crippen LogP) is 2.50. The summed E-state index contributed by atoms with van der Waals surface area (Å²) >= 11 is 1.24. The number of guanidine groups is 1. The zero-order valence-corrected chi connectivity index (χ0v) is 17.0. The van der Waals surface area contributed by atoms with Gasteiger partial charge in [-0.3, -0.25) is 4.99 Å². The number of aliphatic imine (C=N–C) groups is 1. The summed E-state index contributed by atoms with van der Waals surface area (Å²) in [6.45, 7) is 4.08. The molecule has 1 aliphatic carbocycles. The van der Waals surface area contributed by atoms with Gasteiger partial charge < -0.3 is 10.6 Å². The summed E-state index contributed by atoms with van der Waals surface area (Å²) in [6.07, 6.45) is 6.35. The molecule has 0 atom stereocenters. The fourth-order valence-electron chi connectivity index (χ4n) is 3.29. The zero-order valence-electron chi connectivity index (χ0n) is 15.4. The molecule has 0 radical (unpaired) electrons. The molecule has 0 amide bonds. The second-order valence-corrected chi connectivity index (χ2v) is 9.89. The molecule has 0 unspecified atom stereocenters. The first kappa shape index (κ1) is 20.2. The van der Waals surface area contributed by atoms with Gasteiger partial charge in [0.05, 0.1) is 0 Å². The summed E-state index contributed by atoms with van der Waals surface area (Å²) in [5, 5.41) is 8.41. The quantitative estimate of drug-likeness (QED) is 0.532. The van der Waals surface area contributed by atoms with Crippen molar-refractivity contribution in [2.75, 3.05) is 33.7 Å². The highest BCUT2D eigenvalue weighted by Gasteiger charge is 2.31. The SMILES string of the molecule is CCC1(CNC(=NC)NCCN(C)S(=O)(=O)c2cccs2)CCCC1. The minimum atomic E-state index is -3.39. The van der Waals surface area contributed by atoms with Crippen LogP contribution < -0.4 is 10.6 Å². The van der Waals surface area contributed by atoms with E-state index in [-0.39, 0.29) is 0 Å². The van der Waals surface area contributed by atoms with Crippen LogP contribution in [-0.4, -0.2) is 52.4 Å². The Morgan fingerprint density at radius 3 is 2.64 bits per heavy atom. The Morgan fingerprint density at radius 1 is 1.36 bits per heavy atom. The Bertz CT molecular complexity index is 650. The minimum Gasteiger partial charge on any atom is -0.356 e. The van der Waals surface area contributed by atoms with E-state index in [9.17, 15) is 8.42 Å². The largest absolute Gasteiger partial charge is 0.356 e. The van der Waals surface area contributed by atoms with Crippen molar-refractivity contribution >= 4 is 27.3 Å². The van der Waals surface area contributed by atoms with Crippen molar-refractivity contribution in [3.63, 3.8) is 0 Å². The van der Waals surface area contributed by atoms with Crippen LogP contribution in [-0.2, 0) is 10.0 Å². The maximum Gasteiger partial charge on any atom is 0.252 e. The van der Waals surface area contributed by atoms with E-state index in [1.807, 2.05) is 0 Å². The molecule has 0 spiro atoms. The Kier molecular flexibility index (Phi) is 7.27. The number of thiophene rings is 1. The Morgan fingerprint density at radius 2 is 2.08 bits per heavy atom. The van der Waals surface area contributed by atoms with Crippen molar-refractivity contribution in [3.8, 4) is 0 Å². The van der Waals surface area contributed by atoms with Crippen molar-refractivity contribution < 1.29 is 8.42 Å². The lowest BCUT2D eigenvalue weighted by atomic mass is 9.83. The second kappa shape index (κ2) is 9.00. The molecule has 0 saturated heterocycles. The number of likely N-dealkylation sites (N-methyl/N-ethyl adjacent to an activating group) is 1. The fourth-order valence-corrected chi connectivity index (χ4v) is 5.66. The van der Waals surface area contributed by atoms with Crippen LogP contribution in [0, 0.1) is 5.41 Å². The number of sulfonamides is 1. The Hall–Kier alpha value is -1.12. The molecule has 1 aliphatic rings. The van der Waals surface area contributed by atoms with Crippen molar-refractivity contribution in [2.45, 2.75) is 43.2 Å². The molecule has 0 aliphatic heterocycles. The standard InChI is InChI=1S/C17H30N4O2S2/c1-4-17(9-5-6-10-17)14-20-16(18-2)19-11-12-21(3)25(22,23)15-8-7-13-24-15/h7-8,13H,4-6,9-12,14H2,1-3H3,(H2,18,19,20). The van der Waals surface area contributed by atoms with Gasteiger partial charge in [-0.05, 0) is 36.1 Å². The maximum absolute atomic E-state index is 12.4. The van der Waals surface area contributed by atoms with Crippen molar-refractivity contribution in [1.29, 1.82) is 0 Å². The molecule has 2 rings (SSSR count). The van der Waals surface area contributed by atoms with E-state index in [1.165, 1.54) is 47.7 Å². The van der Waals surface area contributed by atoms with Crippen LogP contribution in [0.3, 0.4) is 0 Å². The lowest BCUT2D eigenvalue weighted by Crippen LogP contribution is -2.45. The Labute approximate surface area is 155 Å². The average Bonchev–Trinajstić information content (AvgIpc) is 3.30. The summed E-state index contributed by atoms with van der Waals surface area (Å²) in [5.41, 5.74) is 0.386. The van der Waals surface area contributed by atoms with E-state index in [2.05, 4.69) is 22.5 Å². The van der Waals surface area contributed by atoms with Crippen LogP contribution in [0.15, 0.2) is 26.7 Å². The first-order valence-corrected chi connectivity index (χ1v) is 11.2. The summed E-state index contributed by atoms with van der Waals surface area (Å²) in [4.78, 5) is 4.25. The van der Waals surface area contributed by atoms with Crippen LogP contribution in [0.4, 0.5) is 0 Å². The monoisotopic (exact) mass is 386 g/mol. The highest BCUT2D eigenvalue weighted by Crippen LogP contribution is 2.40. The molecule has 6 nitrogen and oxygen atoms in total. The first-order valence-electron chi connectivity index (χ1n) is 8.88. The van der Waals surface area contributed by atoms with Crippen LogP contribution in [0.2, 0.25) is 0 Å². The number of hydrogen-bond acceptors (Lipinski definition) is 4. The van der Waals surface area contributed by atoms with Crippen LogP contribution in [0.25, 0.3) is 0 Å². The lowest BCUT2D eigenvalue weighted by molar-refractivity contribution is 0.283. The van der Waals surface area contributed by atoms with Gasteiger partial charge in [0.15, 0.2) is 5.96 Å². The van der Waals surface area contributed by atoms with Gasteiger partial charge in [-0.2, -0.15) is 4.31 Å². The van der Waals surface area contributed by atoms with E-state index in [0.717, 1.165) is 12.5 Å². The third kappa shape index (κ3) is 5.18. The summed E-state index contributed by atoms with van der Waals surface area (Å²) in [5.74, 6) is 0.738. The first-order chi connectivity index (χ1) is 11.9. The molecule has 0 aromatic carbocycles. The van der Waals surface area contributed by atoms with Gasteiger partial charge in [0, 0.05) is 33.7 Å². The van der Waals surface area contributed by atoms with Crippen LogP contribution in [0.5, 0.6) is 0 Å². The van der Waals surface area contributed by atoms with E-state index in [1.54, 1.807) is 31.6 Å². The van der Waals surface area contributed by atoms with Gasteiger partial charge in [0.2, 0.25) is 0 Å². The molecule has 8 heteroatoms. The third-order valence-electron chi connectivity index (χ3n) is 5.15. The smallest absolute Gasteiger partial charge is 0.252 e. The van der Waals surface area contributed by atoms with E-state index < -0.39 is 10.0 Å². The Balaban J connectivity index is 1.79. The van der Waals surface area contributed by atoms with Gasteiger partial charge in [-0.15, -0.1) is 11.3 Å².